The predicted molar refractivity (Wildman–Crippen MR) is 119 cm³/mol. The Bertz CT molecular complexity index is 927. The topological polar surface area (TPSA) is 69.0 Å². The Morgan fingerprint density at radius 2 is 1.74 bits per heavy atom. The molecule has 1 atom stereocenters. The number of aliphatic hydroxyl groups is 1. The molecule has 0 radical (unpaired) electrons. The van der Waals surface area contributed by atoms with Gasteiger partial charge in [-0.25, -0.2) is 4.98 Å². The SMILES string of the molecule is CCOc1ccccc1OCC(O)CN(C)Cc1ccc(OCc2nccn2C)cc1. The van der Waals surface area contributed by atoms with Gasteiger partial charge in [0.2, 0.25) is 0 Å². The molecule has 3 rings (SSSR count). The summed E-state index contributed by atoms with van der Waals surface area (Å²) in [6.07, 6.45) is 3.05. The number of likely N-dealkylation sites (N-methyl/N-ethyl adjacent to an activating group) is 1. The summed E-state index contributed by atoms with van der Waals surface area (Å²) in [5.41, 5.74) is 1.14. The Hall–Kier alpha value is -3.03. The molecule has 0 saturated carbocycles. The first-order valence-corrected chi connectivity index (χ1v) is 10.4. The van der Waals surface area contributed by atoms with Crippen LogP contribution in [-0.2, 0) is 20.2 Å². The lowest BCUT2D eigenvalue weighted by Gasteiger charge is -2.21. The van der Waals surface area contributed by atoms with E-state index in [0.717, 1.165) is 17.1 Å². The maximum Gasteiger partial charge on any atom is 0.161 e. The number of ether oxygens (including phenoxy) is 3. The standard InChI is InChI=1S/C24H31N3O4/c1-4-29-22-7-5-6-8-23(22)31-17-20(28)16-26(2)15-19-9-11-21(12-10-19)30-18-24-25-13-14-27(24)3/h5-14,20,28H,4,15-18H2,1-3H3. The van der Waals surface area contributed by atoms with E-state index in [-0.39, 0.29) is 6.61 Å². The first-order valence-electron chi connectivity index (χ1n) is 10.4. The van der Waals surface area contributed by atoms with E-state index in [9.17, 15) is 5.11 Å². The molecule has 7 heteroatoms. The Morgan fingerprint density at radius 3 is 2.39 bits per heavy atom. The highest BCUT2D eigenvalue weighted by Crippen LogP contribution is 2.26. The number of para-hydroxylation sites is 2. The third-order valence-corrected chi connectivity index (χ3v) is 4.77. The third-order valence-electron chi connectivity index (χ3n) is 4.77. The van der Waals surface area contributed by atoms with E-state index >= 15 is 0 Å². The molecule has 0 aliphatic rings. The number of benzene rings is 2. The fourth-order valence-corrected chi connectivity index (χ4v) is 3.19. The first kappa shape index (κ1) is 22.7. The minimum Gasteiger partial charge on any atom is -0.490 e. The molecule has 31 heavy (non-hydrogen) atoms. The molecule has 2 aromatic carbocycles. The number of aliphatic hydroxyl groups excluding tert-OH is 1. The van der Waals surface area contributed by atoms with E-state index in [1.54, 1.807) is 6.20 Å². The van der Waals surface area contributed by atoms with Crippen LogP contribution < -0.4 is 14.2 Å². The van der Waals surface area contributed by atoms with Crippen LogP contribution in [-0.4, -0.2) is 52.5 Å². The van der Waals surface area contributed by atoms with Crippen LogP contribution in [0.15, 0.2) is 60.9 Å². The van der Waals surface area contributed by atoms with Crippen molar-refractivity contribution < 1.29 is 19.3 Å². The number of hydrogen-bond donors (Lipinski definition) is 1. The maximum atomic E-state index is 10.4. The van der Waals surface area contributed by atoms with Gasteiger partial charge in [-0.15, -0.1) is 0 Å². The second kappa shape index (κ2) is 11.4. The summed E-state index contributed by atoms with van der Waals surface area (Å²) < 4.78 is 19.0. The van der Waals surface area contributed by atoms with Gasteiger partial charge in [0.05, 0.1) is 6.61 Å². The van der Waals surface area contributed by atoms with Crippen molar-refractivity contribution in [1.29, 1.82) is 0 Å². The van der Waals surface area contributed by atoms with Gasteiger partial charge < -0.3 is 23.9 Å². The van der Waals surface area contributed by atoms with E-state index in [4.69, 9.17) is 14.2 Å². The lowest BCUT2D eigenvalue weighted by molar-refractivity contribution is 0.0730. The number of aryl methyl sites for hydroxylation is 1. The highest BCUT2D eigenvalue weighted by molar-refractivity contribution is 5.39. The number of aromatic nitrogens is 2. The summed E-state index contributed by atoms with van der Waals surface area (Å²) in [4.78, 5) is 6.32. The van der Waals surface area contributed by atoms with Crippen molar-refractivity contribution in [2.75, 3.05) is 26.8 Å². The highest BCUT2D eigenvalue weighted by atomic mass is 16.5. The fourth-order valence-electron chi connectivity index (χ4n) is 3.19. The zero-order valence-electron chi connectivity index (χ0n) is 18.4. The van der Waals surface area contributed by atoms with Crippen LogP contribution in [0.3, 0.4) is 0 Å². The Labute approximate surface area is 183 Å². The molecule has 1 unspecified atom stereocenters. The minimum absolute atomic E-state index is 0.203. The fraction of sp³-hybridized carbons (Fsp3) is 0.375. The molecule has 7 nitrogen and oxygen atoms in total. The Morgan fingerprint density at radius 1 is 1.03 bits per heavy atom. The predicted octanol–water partition coefficient (Wildman–Crippen LogP) is 3.27. The van der Waals surface area contributed by atoms with Crippen LogP contribution in [0.2, 0.25) is 0 Å². The van der Waals surface area contributed by atoms with Crippen molar-refractivity contribution in [2.24, 2.45) is 7.05 Å². The molecule has 3 aromatic rings. The highest BCUT2D eigenvalue weighted by Gasteiger charge is 2.12. The largest absolute Gasteiger partial charge is 0.490 e. The minimum atomic E-state index is -0.611. The second-order valence-corrected chi connectivity index (χ2v) is 7.43. The van der Waals surface area contributed by atoms with Gasteiger partial charge in [0.1, 0.15) is 30.9 Å². The molecular formula is C24H31N3O4. The van der Waals surface area contributed by atoms with Crippen LogP contribution in [0, 0.1) is 0 Å². The molecule has 0 amide bonds. The lowest BCUT2D eigenvalue weighted by atomic mass is 10.2. The smallest absolute Gasteiger partial charge is 0.161 e. The number of hydrogen-bond acceptors (Lipinski definition) is 6. The molecule has 0 aliphatic carbocycles. The van der Waals surface area contributed by atoms with Crippen LogP contribution >= 0.6 is 0 Å². The van der Waals surface area contributed by atoms with Gasteiger partial charge in [0.25, 0.3) is 0 Å². The van der Waals surface area contributed by atoms with E-state index in [0.29, 0.717) is 37.8 Å². The van der Waals surface area contributed by atoms with Gasteiger partial charge >= 0.3 is 0 Å². The van der Waals surface area contributed by atoms with Crippen molar-refractivity contribution >= 4 is 0 Å². The zero-order valence-corrected chi connectivity index (χ0v) is 18.4. The van der Waals surface area contributed by atoms with Gasteiger partial charge in [-0.05, 0) is 43.8 Å². The summed E-state index contributed by atoms with van der Waals surface area (Å²) in [7, 11) is 3.92. The van der Waals surface area contributed by atoms with Gasteiger partial charge in [0, 0.05) is 32.5 Å². The van der Waals surface area contributed by atoms with Crippen LogP contribution in [0.4, 0.5) is 0 Å². The summed E-state index contributed by atoms with van der Waals surface area (Å²) in [6, 6.07) is 15.5. The molecular weight excluding hydrogens is 394 g/mol. The van der Waals surface area contributed by atoms with E-state index < -0.39 is 6.10 Å². The monoisotopic (exact) mass is 425 g/mol. The van der Waals surface area contributed by atoms with Crippen LogP contribution in [0.5, 0.6) is 17.2 Å². The van der Waals surface area contributed by atoms with Crippen molar-refractivity contribution in [3.63, 3.8) is 0 Å². The van der Waals surface area contributed by atoms with Crippen molar-refractivity contribution in [3.8, 4) is 17.2 Å². The third kappa shape index (κ3) is 7.01. The summed E-state index contributed by atoms with van der Waals surface area (Å²) in [5, 5.41) is 10.4. The van der Waals surface area contributed by atoms with Crippen molar-refractivity contribution in [1.82, 2.24) is 14.5 Å². The molecule has 1 aromatic heterocycles. The van der Waals surface area contributed by atoms with Gasteiger partial charge in [-0.3, -0.25) is 4.90 Å². The van der Waals surface area contributed by atoms with Crippen LogP contribution in [0.1, 0.15) is 18.3 Å². The average Bonchev–Trinajstić information content (AvgIpc) is 3.17. The molecule has 0 bridgehead atoms. The summed E-state index contributed by atoms with van der Waals surface area (Å²) in [5.74, 6) is 3.02. The van der Waals surface area contributed by atoms with Crippen LogP contribution in [0.25, 0.3) is 0 Å². The number of imidazole rings is 1. The molecule has 0 fully saturated rings. The van der Waals surface area contributed by atoms with E-state index in [2.05, 4.69) is 9.88 Å². The Balaban J connectivity index is 1.42. The zero-order chi connectivity index (χ0) is 22.1. The van der Waals surface area contributed by atoms with Gasteiger partial charge in [-0.2, -0.15) is 0 Å². The quantitative estimate of drug-likeness (QED) is 0.480. The lowest BCUT2D eigenvalue weighted by Crippen LogP contribution is -2.32. The van der Waals surface area contributed by atoms with Crippen molar-refractivity contribution in [3.05, 3.63) is 72.3 Å². The molecule has 1 heterocycles. The summed E-state index contributed by atoms with van der Waals surface area (Å²) in [6.45, 7) is 4.34. The second-order valence-electron chi connectivity index (χ2n) is 7.43. The normalized spacial score (nSPS) is 12.0. The van der Waals surface area contributed by atoms with E-state index in [1.807, 2.05) is 80.3 Å². The molecule has 1 N–H and O–H groups in total. The molecule has 0 aliphatic heterocycles. The molecule has 0 saturated heterocycles. The van der Waals surface area contributed by atoms with Gasteiger partial charge in [0.15, 0.2) is 11.5 Å². The first-order chi connectivity index (χ1) is 15.0. The Kier molecular flexibility index (Phi) is 8.32. The van der Waals surface area contributed by atoms with E-state index in [1.165, 1.54) is 0 Å². The molecule has 166 valence electrons. The van der Waals surface area contributed by atoms with Gasteiger partial charge in [-0.1, -0.05) is 24.3 Å². The molecule has 0 spiro atoms. The maximum absolute atomic E-state index is 10.4. The van der Waals surface area contributed by atoms with Crippen molar-refractivity contribution in [2.45, 2.75) is 26.2 Å². The number of rotatable bonds is 12. The summed E-state index contributed by atoms with van der Waals surface area (Å²) >= 11 is 0. The number of nitrogens with zero attached hydrogens (tertiary/aromatic N) is 3. The average molecular weight is 426 g/mol.